The Morgan fingerprint density at radius 1 is 1.08 bits per heavy atom. The average molecular weight is 535 g/mol. The molecule has 38 heavy (non-hydrogen) atoms. The van der Waals surface area contributed by atoms with Crippen molar-refractivity contribution in [1.82, 2.24) is 20.1 Å². The number of carbonyl (C=O) groups is 1. The highest BCUT2D eigenvalue weighted by Gasteiger charge is 2.32. The first-order valence-corrected chi connectivity index (χ1v) is 14.3. The Hall–Kier alpha value is -3.92. The van der Waals surface area contributed by atoms with Crippen LogP contribution < -0.4 is 14.8 Å². The van der Waals surface area contributed by atoms with E-state index in [1.165, 1.54) is 0 Å². The Labute approximate surface area is 221 Å². The summed E-state index contributed by atoms with van der Waals surface area (Å²) in [7, 11) is -0.0206. The molecule has 1 saturated heterocycles. The molecule has 1 amide bonds. The van der Waals surface area contributed by atoms with Gasteiger partial charge in [0, 0.05) is 12.1 Å². The van der Waals surface area contributed by atoms with Crippen molar-refractivity contribution in [3.63, 3.8) is 0 Å². The normalized spacial score (nSPS) is 16.4. The number of pyridine rings is 1. The first-order valence-electron chi connectivity index (χ1n) is 12.4. The molecule has 1 fully saturated rings. The van der Waals surface area contributed by atoms with Crippen molar-refractivity contribution >= 4 is 26.8 Å². The van der Waals surface area contributed by atoms with Crippen LogP contribution in [-0.2, 0) is 16.3 Å². The van der Waals surface area contributed by atoms with Crippen molar-refractivity contribution in [2.75, 3.05) is 32.3 Å². The van der Waals surface area contributed by atoms with Crippen LogP contribution in [0.2, 0.25) is 0 Å². The number of sulfone groups is 1. The lowest BCUT2D eigenvalue weighted by molar-refractivity contribution is 0.0955. The molecule has 10 heteroatoms. The smallest absolute Gasteiger partial charge is 0.252 e. The molecule has 0 bridgehead atoms. The summed E-state index contributed by atoms with van der Waals surface area (Å²) in [6, 6.07) is 16.8. The van der Waals surface area contributed by atoms with Crippen LogP contribution in [0.4, 0.5) is 0 Å². The van der Waals surface area contributed by atoms with Gasteiger partial charge in [-0.25, -0.2) is 18.1 Å². The largest absolute Gasteiger partial charge is 0.493 e. The average Bonchev–Trinajstić information content (AvgIpc) is 3.46. The Morgan fingerprint density at radius 2 is 1.84 bits per heavy atom. The van der Waals surface area contributed by atoms with Crippen molar-refractivity contribution in [1.29, 1.82) is 0 Å². The highest BCUT2D eigenvalue weighted by Crippen LogP contribution is 2.35. The SMILES string of the molecule is COc1ccc(-c2cc(C(=O)NCCc3ccccc3)c3c(C)nn(C4CCS(=O)(=O)C4)c3n2)cc1OC. The Kier molecular flexibility index (Phi) is 7.07. The van der Waals surface area contributed by atoms with E-state index >= 15 is 0 Å². The number of aromatic nitrogens is 3. The fourth-order valence-corrected chi connectivity index (χ4v) is 6.61. The molecule has 1 atom stereocenters. The molecule has 0 radical (unpaired) electrons. The zero-order valence-corrected chi connectivity index (χ0v) is 22.4. The lowest BCUT2D eigenvalue weighted by Gasteiger charge is -2.13. The molecule has 1 unspecified atom stereocenters. The van der Waals surface area contributed by atoms with Crippen molar-refractivity contribution < 1.29 is 22.7 Å². The molecule has 3 heterocycles. The van der Waals surface area contributed by atoms with Gasteiger partial charge in [0.15, 0.2) is 27.0 Å². The van der Waals surface area contributed by atoms with Gasteiger partial charge in [0.2, 0.25) is 0 Å². The summed E-state index contributed by atoms with van der Waals surface area (Å²) in [5.41, 5.74) is 3.97. The molecule has 0 spiro atoms. The van der Waals surface area contributed by atoms with Crippen molar-refractivity contribution in [2.24, 2.45) is 0 Å². The molecule has 4 aromatic rings. The minimum Gasteiger partial charge on any atom is -0.493 e. The summed E-state index contributed by atoms with van der Waals surface area (Å²) >= 11 is 0. The monoisotopic (exact) mass is 534 g/mol. The van der Waals surface area contributed by atoms with Gasteiger partial charge in [0.25, 0.3) is 5.91 Å². The van der Waals surface area contributed by atoms with Crippen LogP contribution in [0.5, 0.6) is 11.5 Å². The molecule has 0 aliphatic carbocycles. The standard InChI is InChI=1S/C28H30N4O5S/c1-18-26-22(28(33)29-13-11-19-7-5-4-6-8-19)16-23(20-9-10-24(36-2)25(15-20)37-3)30-27(26)32(31-18)21-12-14-38(34,35)17-21/h4-10,15-16,21H,11-14,17H2,1-3H3,(H,29,33). The number of hydrogen-bond acceptors (Lipinski definition) is 7. The van der Waals surface area contributed by atoms with E-state index in [2.05, 4.69) is 10.4 Å². The molecular formula is C28H30N4O5S. The van der Waals surface area contributed by atoms with E-state index in [1.807, 2.05) is 43.3 Å². The number of hydrogen-bond donors (Lipinski definition) is 1. The lowest BCUT2D eigenvalue weighted by atomic mass is 10.0. The second-order valence-electron chi connectivity index (χ2n) is 9.40. The third-order valence-corrected chi connectivity index (χ3v) is 8.61. The maximum Gasteiger partial charge on any atom is 0.252 e. The van der Waals surface area contributed by atoms with Crippen LogP contribution in [0.1, 0.15) is 34.1 Å². The third-order valence-electron chi connectivity index (χ3n) is 6.86. The highest BCUT2D eigenvalue weighted by molar-refractivity contribution is 7.91. The molecule has 5 rings (SSSR count). The number of nitrogens with zero attached hydrogens (tertiary/aromatic N) is 3. The second-order valence-corrected chi connectivity index (χ2v) is 11.6. The second kappa shape index (κ2) is 10.4. The molecule has 1 N–H and O–H groups in total. The van der Waals surface area contributed by atoms with E-state index in [0.717, 1.165) is 11.1 Å². The summed E-state index contributed by atoms with van der Waals surface area (Å²) in [6.45, 7) is 2.28. The quantitative estimate of drug-likeness (QED) is 0.366. The Morgan fingerprint density at radius 3 is 2.53 bits per heavy atom. The number of rotatable bonds is 8. The zero-order valence-electron chi connectivity index (χ0n) is 21.6. The van der Waals surface area contributed by atoms with Crippen LogP contribution >= 0.6 is 0 Å². The Balaban J connectivity index is 1.58. The van der Waals surface area contributed by atoms with E-state index in [-0.39, 0.29) is 23.5 Å². The van der Waals surface area contributed by atoms with Crippen LogP contribution in [0.3, 0.4) is 0 Å². The minimum absolute atomic E-state index is 0.00406. The van der Waals surface area contributed by atoms with Gasteiger partial charge >= 0.3 is 0 Å². The lowest BCUT2D eigenvalue weighted by Crippen LogP contribution is -2.26. The highest BCUT2D eigenvalue weighted by atomic mass is 32.2. The molecule has 1 aliphatic rings. The minimum atomic E-state index is -3.15. The van der Waals surface area contributed by atoms with E-state index in [4.69, 9.17) is 14.5 Å². The van der Waals surface area contributed by atoms with Crippen LogP contribution in [0.25, 0.3) is 22.3 Å². The third kappa shape index (κ3) is 5.08. The van der Waals surface area contributed by atoms with E-state index < -0.39 is 9.84 Å². The number of amides is 1. The summed E-state index contributed by atoms with van der Waals surface area (Å²) < 4.78 is 37.0. The van der Waals surface area contributed by atoms with Crippen LogP contribution in [0.15, 0.2) is 54.6 Å². The number of methoxy groups -OCH3 is 2. The number of ether oxygens (including phenoxy) is 2. The van der Waals surface area contributed by atoms with Gasteiger partial charge in [0.1, 0.15) is 0 Å². The Bertz CT molecular complexity index is 1600. The maximum absolute atomic E-state index is 13.5. The summed E-state index contributed by atoms with van der Waals surface area (Å²) in [4.78, 5) is 18.4. The molecule has 2 aromatic heterocycles. The molecular weight excluding hydrogens is 504 g/mol. The van der Waals surface area contributed by atoms with E-state index in [0.29, 0.717) is 58.9 Å². The number of benzene rings is 2. The number of aryl methyl sites for hydroxylation is 1. The predicted octanol–water partition coefficient (Wildman–Crippen LogP) is 3.76. The van der Waals surface area contributed by atoms with Gasteiger partial charge in [-0.2, -0.15) is 5.10 Å². The summed E-state index contributed by atoms with van der Waals surface area (Å²) in [5, 5.41) is 8.32. The summed E-state index contributed by atoms with van der Waals surface area (Å²) in [5.74, 6) is 0.988. The zero-order chi connectivity index (χ0) is 26.9. The van der Waals surface area contributed by atoms with Gasteiger partial charge in [-0.3, -0.25) is 4.79 Å². The molecule has 198 valence electrons. The predicted molar refractivity (Wildman–Crippen MR) is 146 cm³/mol. The fourth-order valence-electron chi connectivity index (χ4n) is 4.92. The summed E-state index contributed by atoms with van der Waals surface area (Å²) in [6.07, 6.45) is 1.15. The fraction of sp³-hybridized carbons (Fsp3) is 0.321. The van der Waals surface area contributed by atoms with Gasteiger partial charge in [-0.15, -0.1) is 0 Å². The number of carbonyl (C=O) groups excluding carboxylic acids is 1. The van der Waals surface area contributed by atoms with Crippen molar-refractivity contribution in [3.05, 3.63) is 71.4 Å². The topological polar surface area (TPSA) is 112 Å². The van der Waals surface area contributed by atoms with Crippen LogP contribution in [0, 0.1) is 6.92 Å². The first-order chi connectivity index (χ1) is 18.3. The molecule has 9 nitrogen and oxygen atoms in total. The van der Waals surface area contributed by atoms with Gasteiger partial charge in [-0.05, 0) is 49.6 Å². The molecule has 1 aliphatic heterocycles. The van der Waals surface area contributed by atoms with Gasteiger partial charge in [0.05, 0.1) is 54.1 Å². The number of fused-ring (bicyclic) bond motifs is 1. The van der Waals surface area contributed by atoms with Gasteiger partial charge in [-0.1, -0.05) is 30.3 Å². The van der Waals surface area contributed by atoms with E-state index in [9.17, 15) is 13.2 Å². The van der Waals surface area contributed by atoms with E-state index in [1.54, 1.807) is 37.1 Å². The molecule has 0 saturated carbocycles. The van der Waals surface area contributed by atoms with Gasteiger partial charge < -0.3 is 14.8 Å². The maximum atomic E-state index is 13.5. The van der Waals surface area contributed by atoms with Crippen LogP contribution in [-0.4, -0.2) is 61.4 Å². The molecule has 2 aromatic carbocycles. The number of nitrogens with one attached hydrogen (secondary N) is 1. The first kappa shape index (κ1) is 25.7. The van der Waals surface area contributed by atoms with Crippen molar-refractivity contribution in [2.45, 2.75) is 25.8 Å². The van der Waals surface area contributed by atoms with Crippen molar-refractivity contribution in [3.8, 4) is 22.8 Å².